The average molecular weight is 241 g/mol. The molecule has 3 N–H and O–H groups in total. The van der Waals surface area contributed by atoms with Gasteiger partial charge in [-0.2, -0.15) is 0 Å². The Balaban J connectivity index is 2.45. The molecule has 1 rings (SSSR count). The van der Waals surface area contributed by atoms with Crippen molar-refractivity contribution in [2.45, 2.75) is 33.2 Å². The smallest absolute Gasteiger partial charge is 0.220 e. The predicted octanol–water partition coefficient (Wildman–Crippen LogP) is 1.61. The lowest BCUT2D eigenvalue weighted by Crippen LogP contribution is -2.29. The van der Waals surface area contributed by atoms with Crippen LogP contribution in [-0.2, 0) is 4.79 Å². The topological polar surface area (TPSA) is 68.0 Å². The number of nitrogens with zero attached hydrogens (tertiary/aromatic N) is 1. The summed E-state index contributed by atoms with van der Waals surface area (Å²) < 4.78 is 0. The number of aromatic nitrogens is 1. The van der Waals surface area contributed by atoms with Crippen LogP contribution in [0.5, 0.6) is 0 Å². The van der Waals surface area contributed by atoms with E-state index in [-0.39, 0.29) is 17.9 Å². The third-order valence-electron chi connectivity index (χ3n) is 2.32. The second-order valence-electron chi connectivity index (χ2n) is 4.14. The molecule has 4 nitrogen and oxygen atoms in total. The highest BCUT2D eigenvalue weighted by molar-refractivity contribution is 7.11. The zero-order valence-electron chi connectivity index (χ0n) is 9.99. The van der Waals surface area contributed by atoms with Crippen molar-refractivity contribution in [2.24, 2.45) is 11.7 Å². The van der Waals surface area contributed by atoms with Gasteiger partial charge in [0.1, 0.15) is 5.01 Å². The van der Waals surface area contributed by atoms with E-state index in [2.05, 4.69) is 10.3 Å². The van der Waals surface area contributed by atoms with Crippen LogP contribution in [0.1, 0.15) is 36.2 Å². The van der Waals surface area contributed by atoms with E-state index in [4.69, 9.17) is 5.73 Å². The first-order valence-corrected chi connectivity index (χ1v) is 6.26. The molecule has 0 aliphatic rings. The summed E-state index contributed by atoms with van der Waals surface area (Å²) in [6.07, 6.45) is 2.30. The van der Waals surface area contributed by atoms with E-state index in [0.29, 0.717) is 13.0 Å². The maximum absolute atomic E-state index is 11.6. The molecule has 1 amide bonds. The minimum Gasteiger partial charge on any atom is -0.347 e. The number of thiazole rings is 1. The number of carbonyl (C=O) groups excluding carboxylic acids is 1. The lowest BCUT2D eigenvalue weighted by Gasteiger charge is -2.13. The number of amides is 1. The van der Waals surface area contributed by atoms with Gasteiger partial charge < -0.3 is 11.1 Å². The van der Waals surface area contributed by atoms with Gasteiger partial charge in [0.05, 0.1) is 6.04 Å². The molecule has 0 aliphatic heterocycles. The van der Waals surface area contributed by atoms with Crippen molar-refractivity contribution in [3.8, 4) is 0 Å². The zero-order chi connectivity index (χ0) is 12.1. The van der Waals surface area contributed by atoms with E-state index < -0.39 is 0 Å². The number of hydrogen-bond acceptors (Lipinski definition) is 4. The highest BCUT2D eigenvalue weighted by Crippen LogP contribution is 2.19. The second kappa shape index (κ2) is 5.96. The van der Waals surface area contributed by atoms with Crippen LogP contribution in [-0.4, -0.2) is 17.4 Å². The van der Waals surface area contributed by atoms with Crippen LogP contribution in [0.25, 0.3) is 0 Å². The standard InChI is InChI=1S/C11H19N3OS/c1-7(5-12)4-10(15)14-9(3)11-13-6-8(2)16-11/h6-7,9H,4-5,12H2,1-3H3,(H,14,15). The summed E-state index contributed by atoms with van der Waals surface area (Å²) in [5.74, 6) is 0.267. The Kier molecular flexibility index (Phi) is 4.89. The Hall–Kier alpha value is -0.940. The molecule has 0 aliphatic carbocycles. The monoisotopic (exact) mass is 241 g/mol. The Labute approximate surface area is 100 Å². The van der Waals surface area contributed by atoms with Gasteiger partial charge in [0.25, 0.3) is 0 Å². The van der Waals surface area contributed by atoms with E-state index in [1.807, 2.05) is 27.0 Å². The minimum absolute atomic E-state index is 0.0174. The fraction of sp³-hybridized carbons (Fsp3) is 0.636. The van der Waals surface area contributed by atoms with Crippen molar-refractivity contribution in [1.29, 1.82) is 0 Å². The van der Waals surface area contributed by atoms with Crippen LogP contribution in [0.2, 0.25) is 0 Å². The Bertz CT molecular complexity index is 351. The van der Waals surface area contributed by atoms with Gasteiger partial charge in [-0.15, -0.1) is 11.3 Å². The molecule has 0 bridgehead atoms. The molecule has 0 aromatic carbocycles. The van der Waals surface area contributed by atoms with E-state index in [0.717, 1.165) is 9.88 Å². The number of nitrogens with one attached hydrogen (secondary N) is 1. The van der Waals surface area contributed by atoms with Crippen molar-refractivity contribution in [2.75, 3.05) is 6.54 Å². The van der Waals surface area contributed by atoms with Gasteiger partial charge in [0, 0.05) is 17.5 Å². The number of hydrogen-bond donors (Lipinski definition) is 2. The summed E-state index contributed by atoms with van der Waals surface area (Å²) >= 11 is 1.61. The average Bonchev–Trinajstić information content (AvgIpc) is 2.64. The summed E-state index contributed by atoms with van der Waals surface area (Å²) in [7, 11) is 0. The first kappa shape index (κ1) is 13.1. The first-order valence-electron chi connectivity index (χ1n) is 5.44. The summed E-state index contributed by atoms with van der Waals surface area (Å²) in [5.41, 5.74) is 5.48. The molecule has 2 atom stereocenters. The quantitative estimate of drug-likeness (QED) is 0.823. The molecule has 1 aromatic rings. The number of carbonyl (C=O) groups is 1. The Morgan fingerprint density at radius 2 is 2.31 bits per heavy atom. The second-order valence-corrected chi connectivity index (χ2v) is 5.41. The highest BCUT2D eigenvalue weighted by atomic mass is 32.1. The van der Waals surface area contributed by atoms with E-state index >= 15 is 0 Å². The SMILES string of the molecule is Cc1cnc(C(C)NC(=O)CC(C)CN)s1. The van der Waals surface area contributed by atoms with Crippen LogP contribution in [0.15, 0.2) is 6.20 Å². The molecule has 16 heavy (non-hydrogen) atoms. The molecule has 0 saturated carbocycles. The lowest BCUT2D eigenvalue weighted by atomic mass is 10.1. The molecule has 0 spiro atoms. The fourth-order valence-electron chi connectivity index (χ4n) is 1.33. The van der Waals surface area contributed by atoms with Crippen molar-refractivity contribution in [3.63, 3.8) is 0 Å². The van der Waals surface area contributed by atoms with Crippen LogP contribution in [0.4, 0.5) is 0 Å². The zero-order valence-corrected chi connectivity index (χ0v) is 10.8. The third-order valence-corrected chi connectivity index (χ3v) is 3.42. The van der Waals surface area contributed by atoms with Crippen LogP contribution in [0.3, 0.4) is 0 Å². The maximum atomic E-state index is 11.6. The molecule has 0 radical (unpaired) electrons. The molecule has 5 heteroatoms. The van der Waals surface area contributed by atoms with Gasteiger partial charge in [-0.05, 0) is 26.3 Å². The first-order chi connectivity index (χ1) is 7.52. The molecular weight excluding hydrogens is 222 g/mol. The minimum atomic E-state index is -0.0174. The molecule has 0 fully saturated rings. The number of rotatable bonds is 5. The predicted molar refractivity (Wildman–Crippen MR) is 66.2 cm³/mol. The third kappa shape index (κ3) is 3.90. The summed E-state index contributed by atoms with van der Waals surface area (Å²) in [5, 5.41) is 3.88. The Morgan fingerprint density at radius 3 is 2.81 bits per heavy atom. The van der Waals surface area contributed by atoms with E-state index in [1.165, 1.54) is 0 Å². The van der Waals surface area contributed by atoms with Gasteiger partial charge in [-0.25, -0.2) is 4.98 Å². The Morgan fingerprint density at radius 1 is 1.62 bits per heavy atom. The van der Waals surface area contributed by atoms with Crippen LogP contribution >= 0.6 is 11.3 Å². The van der Waals surface area contributed by atoms with Crippen molar-refractivity contribution in [3.05, 3.63) is 16.1 Å². The van der Waals surface area contributed by atoms with Gasteiger partial charge in [0.15, 0.2) is 0 Å². The van der Waals surface area contributed by atoms with Gasteiger partial charge >= 0.3 is 0 Å². The van der Waals surface area contributed by atoms with E-state index in [1.54, 1.807) is 11.3 Å². The van der Waals surface area contributed by atoms with Gasteiger partial charge in [-0.1, -0.05) is 6.92 Å². The van der Waals surface area contributed by atoms with Crippen LogP contribution in [0, 0.1) is 12.8 Å². The van der Waals surface area contributed by atoms with Crippen molar-refractivity contribution in [1.82, 2.24) is 10.3 Å². The van der Waals surface area contributed by atoms with Gasteiger partial charge in [-0.3, -0.25) is 4.79 Å². The molecular formula is C11H19N3OS. The normalized spacial score (nSPS) is 14.5. The summed E-state index contributed by atoms with van der Waals surface area (Å²) in [6, 6.07) is -0.0174. The molecule has 0 saturated heterocycles. The largest absolute Gasteiger partial charge is 0.347 e. The lowest BCUT2D eigenvalue weighted by molar-refractivity contribution is -0.122. The summed E-state index contributed by atoms with van der Waals surface area (Å²) in [6.45, 7) is 6.46. The molecule has 1 aromatic heterocycles. The van der Waals surface area contributed by atoms with Crippen molar-refractivity contribution < 1.29 is 4.79 Å². The molecule has 2 unspecified atom stereocenters. The number of nitrogens with two attached hydrogens (primary N) is 1. The maximum Gasteiger partial charge on any atom is 0.220 e. The number of aryl methyl sites for hydroxylation is 1. The van der Waals surface area contributed by atoms with E-state index in [9.17, 15) is 4.79 Å². The molecule has 1 heterocycles. The molecule has 90 valence electrons. The highest BCUT2D eigenvalue weighted by Gasteiger charge is 2.14. The fourth-order valence-corrected chi connectivity index (χ4v) is 2.11. The van der Waals surface area contributed by atoms with Gasteiger partial charge in [0.2, 0.25) is 5.91 Å². The van der Waals surface area contributed by atoms with Crippen LogP contribution < -0.4 is 11.1 Å². The van der Waals surface area contributed by atoms with Crippen molar-refractivity contribution >= 4 is 17.2 Å². The summed E-state index contributed by atoms with van der Waals surface area (Å²) in [4.78, 5) is 17.0.